The summed E-state index contributed by atoms with van der Waals surface area (Å²) >= 11 is 0. The summed E-state index contributed by atoms with van der Waals surface area (Å²) in [6.45, 7) is 3.90. The summed E-state index contributed by atoms with van der Waals surface area (Å²) in [5, 5.41) is 25.3. The zero-order valence-corrected chi connectivity index (χ0v) is 21.4. The number of Topliss-reactive ketones (excluding diaryl/α,β-unsaturated/α-hetero) is 1. The average Bonchev–Trinajstić information content (AvgIpc) is 3.29. The Labute approximate surface area is 217 Å². The number of amides is 1. The number of nitrogens with one attached hydrogen (secondary N) is 2. The Morgan fingerprint density at radius 1 is 1.03 bits per heavy atom. The van der Waals surface area contributed by atoms with Crippen LogP contribution >= 0.6 is 0 Å². The molecule has 1 amide bonds. The Morgan fingerprint density at radius 3 is 2.49 bits per heavy atom. The lowest BCUT2D eigenvalue weighted by atomic mass is 9.74. The highest BCUT2D eigenvalue weighted by atomic mass is 16.5. The third-order valence-corrected chi connectivity index (χ3v) is 6.73. The number of para-hydroxylation sites is 1. The van der Waals surface area contributed by atoms with E-state index < -0.39 is 19.0 Å². The minimum absolute atomic E-state index is 0.0110. The van der Waals surface area contributed by atoms with E-state index in [0.29, 0.717) is 18.4 Å². The molecule has 0 aliphatic heterocycles. The molecule has 0 aliphatic rings. The van der Waals surface area contributed by atoms with Crippen molar-refractivity contribution in [1.29, 1.82) is 0 Å². The van der Waals surface area contributed by atoms with Crippen molar-refractivity contribution >= 4 is 40.5 Å². The van der Waals surface area contributed by atoms with Crippen molar-refractivity contribution in [2.75, 3.05) is 7.11 Å². The summed E-state index contributed by atoms with van der Waals surface area (Å²) in [6.07, 6.45) is 2.60. The van der Waals surface area contributed by atoms with Crippen molar-refractivity contribution in [1.82, 2.24) is 10.3 Å². The summed E-state index contributed by atoms with van der Waals surface area (Å²) in [6, 6.07) is 18.9. The maximum absolute atomic E-state index is 13.4. The molecule has 4 rings (SSSR count). The van der Waals surface area contributed by atoms with Gasteiger partial charge in [0.2, 0.25) is 5.91 Å². The van der Waals surface area contributed by atoms with E-state index >= 15 is 0 Å². The lowest BCUT2D eigenvalue weighted by Gasteiger charge is -2.23. The molecule has 0 aliphatic carbocycles. The molecule has 37 heavy (non-hydrogen) atoms. The number of carbonyl (C=O) groups excluding carboxylic acids is 2. The smallest absolute Gasteiger partial charge is 0.475 e. The first-order valence-electron chi connectivity index (χ1n) is 12.6. The van der Waals surface area contributed by atoms with Gasteiger partial charge in [0.15, 0.2) is 5.78 Å². The molecule has 0 fully saturated rings. The monoisotopic (exact) mass is 500 g/mol. The summed E-state index contributed by atoms with van der Waals surface area (Å²) in [4.78, 5) is 30.1. The van der Waals surface area contributed by atoms with Crippen molar-refractivity contribution in [3.8, 4) is 5.75 Å². The standard InChI is InChI=1S/C29H33BN2O5/c1-18(2)12-28(30(35)36)32-29(34)22(14-23-17-31-26-7-5-4-6-25(23)26)16-27(33)21-9-8-20-15-24(37-3)11-10-19(20)13-21/h4-11,13,15,17-18,22,28,31,35-36H,12,14,16H2,1-3H3,(H,32,34)/t22-,28+/m1/s1. The molecule has 0 radical (unpaired) electrons. The van der Waals surface area contributed by atoms with Crippen molar-refractivity contribution in [3.05, 3.63) is 78.0 Å². The van der Waals surface area contributed by atoms with Crippen LogP contribution in [-0.2, 0) is 11.2 Å². The van der Waals surface area contributed by atoms with Gasteiger partial charge in [-0.15, -0.1) is 0 Å². The van der Waals surface area contributed by atoms with Crippen LogP contribution in [0, 0.1) is 11.8 Å². The van der Waals surface area contributed by atoms with Gasteiger partial charge in [-0.05, 0) is 59.4 Å². The molecule has 0 saturated heterocycles. The van der Waals surface area contributed by atoms with E-state index in [2.05, 4.69) is 10.3 Å². The van der Waals surface area contributed by atoms with Gasteiger partial charge < -0.3 is 25.1 Å². The minimum atomic E-state index is -1.69. The largest absolute Gasteiger partial charge is 0.497 e. The fourth-order valence-corrected chi connectivity index (χ4v) is 4.75. The molecular weight excluding hydrogens is 467 g/mol. The van der Waals surface area contributed by atoms with Crippen molar-refractivity contribution in [3.63, 3.8) is 0 Å². The number of hydrogen-bond donors (Lipinski definition) is 4. The predicted molar refractivity (Wildman–Crippen MR) is 147 cm³/mol. The normalized spacial score (nSPS) is 13.0. The predicted octanol–water partition coefficient (Wildman–Crippen LogP) is 4.30. The third-order valence-electron chi connectivity index (χ3n) is 6.73. The van der Waals surface area contributed by atoms with Gasteiger partial charge in [-0.3, -0.25) is 9.59 Å². The highest BCUT2D eigenvalue weighted by molar-refractivity contribution is 6.43. The van der Waals surface area contributed by atoms with Gasteiger partial charge in [-0.25, -0.2) is 0 Å². The van der Waals surface area contributed by atoms with Gasteiger partial charge in [-0.2, -0.15) is 0 Å². The number of ketones is 1. The average molecular weight is 500 g/mol. The number of rotatable bonds is 11. The number of benzene rings is 3. The molecule has 0 unspecified atom stereocenters. The topological polar surface area (TPSA) is 112 Å². The summed E-state index contributed by atoms with van der Waals surface area (Å²) in [7, 11) is -0.0762. The first kappa shape index (κ1) is 26.4. The van der Waals surface area contributed by atoms with Crippen LogP contribution in [0.4, 0.5) is 0 Å². The van der Waals surface area contributed by atoms with E-state index in [1.165, 1.54) is 0 Å². The molecule has 1 aromatic heterocycles. The second-order valence-corrected chi connectivity index (χ2v) is 9.97. The Balaban J connectivity index is 1.60. The van der Waals surface area contributed by atoms with E-state index in [9.17, 15) is 19.6 Å². The Morgan fingerprint density at radius 2 is 1.76 bits per heavy atom. The molecule has 1 heterocycles. The zero-order chi connectivity index (χ0) is 26.5. The zero-order valence-electron chi connectivity index (χ0n) is 21.4. The molecule has 0 spiro atoms. The first-order valence-corrected chi connectivity index (χ1v) is 12.6. The lowest BCUT2D eigenvalue weighted by molar-refractivity contribution is -0.125. The second kappa shape index (κ2) is 11.6. The maximum Gasteiger partial charge on any atom is 0.475 e. The molecule has 8 heteroatoms. The number of aromatic amines is 1. The Hall–Kier alpha value is -3.62. The number of carbonyl (C=O) groups is 2. The lowest BCUT2D eigenvalue weighted by Crippen LogP contribution is -2.49. The number of aromatic nitrogens is 1. The van der Waals surface area contributed by atoms with E-state index in [4.69, 9.17) is 4.74 Å². The molecule has 4 N–H and O–H groups in total. The van der Waals surface area contributed by atoms with Crippen molar-refractivity contribution < 1.29 is 24.4 Å². The number of ether oxygens (including phenoxy) is 1. The quantitative estimate of drug-likeness (QED) is 0.181. The number of H-pyrrole nitrogens is 1. The maximum atomic E-state index is 13.4. The van der Waals surface area contributed by atoms with Gasteiger partial charge in [0.1, 0.15) is 5.75 Å². The van der Waals surface area contributed by atoms with Crippen LogP contribution in [0.2, 0.25) is 0 Å². The Bertz CT molecular complexity index is 1400. The highest BCUT2D eigenvalue weighted by Crippen LogP contribution is 2.26. The van der Waals surface area contributed by atoms with Crippen LogP contribution in [0.1, 0.15) is 42.6 Å². The summed E-state index contributed by atoms with van der Waals surface area (Å²) in [5.41, 5.74) is 2.41. The van der Waals surface area contributed by atoms with Gasteiger partial charge in [0.05, 0.1) is 13.1 Å². The van der Waals surface area contributed by atoms with E-state index in [0.717, 1.165) is 33.0 Å². The summed E-state index contributed by atoms with van der Waals surface area (Å²) < 4.78 is 5.28. The number of fused-ring (bicyclic) bond motifs is 2. The Kier molecular flexibility index (Phi) is 8.31. The van der Waals surface area contributed by atoms with E-state index in [1.807, 2.05) is 74.6 Å². The molecule has 4 aromatic rings. The minimum Gasteiger partial charge on any atom is -0.497 e. The first-order chi connectivity index (χ1) is 17.7. The SMILES string of the molecule is COc1ccc2cc(C(=O)C[C@@H](Cc3c[nH]c4ccccc34)C(=O)N[C@@H](CC(C)C)B(O)O)ccc2c1. The van der Waals surface area contributed by atoms with Crippen LogP contribution in [0.5, 0.6) is 5.75 Å². The molecule has 2 atom stereocenters. The van der Waals surface area contributed by atoms with E-state index in [1.54, 1.807) is 13.2 Å². The fourth-order valence-electron chi connectivity index (χ4n) is 4.75. The molecular formula is C29H33BN2O5. The third kappa shape index (κ3) is 6.39. The van der Waals surface area contributed by atoms with Crippen LogP contribution in [0.25, 0.3) is 21.7 Å². The fraction of sp³-hybridized carbons (Fsp3) is 0.310. The van der Waals surface area contributed by atoms with Gasteiger partial charge >= 0.3 is 7.12 Å². The van der Waals surface area contributed by atoms with Crippen LogP contribution in [-0.4, -0.2) is 46.9 Å². The molecule has 0 saturated carbocycles. The molecule has 0 bridgehead atoms. The van der Waals surface area contributed by atoms with Gasteiger partial charge in [-0.1, -0.05) is 50.2 Å². The summed E-state index contributed by atoms with van der Waals surface area (Å²) in [5.74, 6) is -1.14. The van der Waals surface area contributed by atoms with Crippen LogP contribution in [0.3, 0.4) is 0 Å². The van der Waals surface area contributed by atoms with Crippen molar-refractivity contribution in [2.24, 2.45) is 11.8 Å². The van der Waals surface area contributed by atoms with Crippen molar-refractivity contribution in [2.45, 2.75) is 39.1 Å². The molecule has 7 nitrogen and oxygen atoms in total. The van der Waals surface area contributed by atoms with Gasteiger partial charge in [0.25, 0.3) is 0 Å². The van der Waals surface area contributed by atoms with E-state index in [-0.39, 0.29) is 24.0 Å². The number of hydrogen-bond acceptors (Lipinski definition) is 5. The van der Waals surface area contributed by atoms with Crippen LogP contribution < -0.4 is 10.1 Å². The highest BCUT2D eigenvalue weighted by Gasteiger charge is 2.31. The van der Waals surface area contributed by atoms with Crippen LogP contribution in [0.15, 0.2) is 66.9 Å². The molecule has 192 valence electrons. The number of methoxy groups -OCH3 is 1. The molecule has 3 aromatic carbocycles. The second-order valence-electron chi connectivity index (χ2n) is 9.97. The van der Waals surface area contributed by atoms with Gasteiger partial charge in [0, 0.05) is 35.0 Å².